The van der Waals surface area contributed by atoms with Gasteiger partial charge in [-0.3, -0.25) is 9.69 Å². The van der Waals surface area contributed by atoms with Gasteiger partial charge in [-0.15, -0.1) is 0 Å². The van der Waals surface area contributed by atoms with E-state index in [1.165, 1.54) is 0 Å². The molecule has 1 aliphatic rings. The van der Waals surface area contributed by atoms with Crippen LogP contribution in [-0.4, -0.2) is 74.1 Å². The average molecular weight is 544 g/mol. The van der Waals surface area contributed by atoms with Gasteiger partial charge in [0.05, 0.1) is 12.7 Å². The van der Waals surface area contributed by atoms with Gasteiger partial charge in [0.1, 0.15) is 12.4 Å². The molecule has 1 aliphatic heterocycles. The first-order chi connectivity index (χ1) is 19.3. The number of carbonyl (C=O) groups is 1. The van der Waals surface area contributed by atoms with Crippen LogP contribution >= 0.6 is 0 Å². The summed E-state index contributed by atoms with van der Waals surface area (Å²) >= 11 is 0. The highest BCUT2D eigenvalue weighted by Gasteiger charge is 2.21. The maximum Gasteiger partial charge on any atom is 0.230 e. The molecular formula is C33H41N3O4. The van der Waals surface area contributed by atoms with Crippen LogP contribution in [0.1, 0.15) is 54.2 Å². The number of hydrogen-bond acceptors (Lipinski definition) is 7. The molecule has 4 rings (SSSR count). The van der Waals surface area contributed by atoms with Crippen molar-refractivity contribution in [3.8, 4) is 23.1 Å². The molecule has 2 aromatic carbocycles. The molecule has 0 bridgehead atoms. The van der Waals surface area contributed by atoms with Gasteiger partial charge in [0, 0.05) is 24.3 Å². The molecule has 7 heteroatoms. The summed E-state index contributed by atoms with van der Waals surface area (Å²) in [6.45, 7) is 7.58. The van der Waals surface area contributed by atoms with E-state index in [1.54, 1.807) is 31.4 Å². The number of ketones is 1. The normalized spacial score (nSPS) is 14.7. The lowest BCUT2D eigenvalue weighted by Crippen LogP contribution is -2.43. The number of methoxy groups -OCH3 is 1. The fourth-order valence-corrected chi connectivity index (χ4v) is 4.73. The fraction of sp³-hybridized carbons (Fsp3) is 0.394. The molecule has 0 saturated carbocycles. The third kappa shape index (κ3) is 7.93. The van der Waals surface area contributed by atoms with Crippen molar-refractivity contribution in [1.82, 2.24) is 14.8 Å². The number of aromatic nitrogens is 1. The van der Waals surface area contributed by atoms with Crippen molar-refractivity contribution in [3.05, 3.63) is 83.6 Å². The number of likely N-dealkylation sites (tertiary alicyclic amines) is 1. The van der Waals surface area contributed by atoms with Crippen LogP contribution in [0.3, 0.4) is 0 Å². The van der Waals surface area contributed by atoms with E-state index >= 15 is 0 Å². The minimum absolute atomic E-state index is 0.176. The topological polar surface area (TPSA) is 64.1 Å². The minimum Gasteiger partial charge on any atom is -0.497 e. The summed E-state index contributed by atoms with van der Waals surface area (Å²) < 4.78 is 18.0. The highest BCUT2D eigenvalue weighted by Crippen LogP contribution is 2.36. The molecule has 2 heterocycles. The molecule has 3 aromatic rings. The Hall–Kier alpha value is -3.68. The number of hydrogen-bond donors (Lipinski definition) is 0. The van der Waals surface area contributed by atoms with E-state index < -0.39 is 0 Å². The summed E-state index contributed by atoms with van der Waals surface area (Å²) in [7, 11) is 5.92. The van der Waals surface area contributed by atoms with Crippen molar-refractivity contribution in [2.24, 2.45) is 0 Å². The van der Waals surface area contributed by atoms with E-state index in [9.17, 15) is 4.79 Å². The molecule has 40 heavy (non-hydrogen) atoms. The Morgan fingerprint density at radius 3 is 2.48 bits per heavy atom. The van der Waals surface area contributed by atoms with Crippen molar-refractivity contribution >= 4 is 11.9 Å². The Morgan fingerprint density at radius 1 is 1.05 bits per heavy atom. The van der Waals surface area contributed by atoms with Gasteiger partial charge in [-0.05, 0) is 81.8 Å². The average Bonchev–Trinajstić information content (AvgIpc) is 2.97. The van der Waals surface area contributed by atoms with Crippen LogP contribution in [0.4, 0.5) is 0 Å². The lowest BCUT2D eigenvalue weighted by molar-refractivity contribution is 0.104. The van der Waals surface area contributed by atoms with Gasteiger partial charge in [0.15, 0.2) is 17.3 Å². The van der Waals surface area contributed by atoms with Crippen molar-refractivity contribution in [1.29, 1.82) is 0 Å². The van der Waals surface area contributed by atoms with E-state index in [2.05, 4.69) is 37.7 Å². The summed E-state index contributed by atoms with van der Waals surface area (Å²) in [6, 6.07) is 19.5. The highest BCUT2D eigenvalue weighted by molar-refractivity contribution is 6.08. The lowest BCUT2D eigenvalue weighted by Gasteiger charge is -2.35. The van der Waals surface area contributed by atoms with Crippen LogP contribution in [0.25, 0.3) is 6.08 Å². The molecule has 0 spiro atoms. The molecule has 1 fully saturated rings. The first-order valence-corrected chi connectivity index (χ1v) is 14.0. The Balaban J connectivity index is 1.52. The van der Waals surface area contributed by atoms with Gasteiger partial charge < -0.3 is 19.1 Å². The molecule has 0 atom stereocenters. The van der Waals surface area contributed by atoms with Gasteiger partial charge in [0.2, 0.25) is 5.88 Å². The van der Waals surface area contributed by atoms with E-state index in [1.807, 2.05) is 48.5 Å². The van der Waals surface area contributed by atoms with Gasteiger partial charge >= 0.3 is 0 Å². The maximum absolute atomic E-state index is 13.2. The number of carbonyl (C=O) groups excluding carboxylic acids is 1. The molecule has 212 valence electrons. The largest absolute Gasteiger partial charge is 0.497 e. The standard InChI is InChI=1S/C33H41N3O4/c1-24(2)29-14-13-28(30(37)15-11-25-9-7-6-8-10-25)33(34-29)40-31-16-12-27(38-5)23-32(31)39-22-21-36-19-17-26(18-20-36)35(3)4/h6-16,23-24,26H,17-22H2,1-5H3. The highest BCUT2D eigenvalue weighted by atomic mass is 16.5. The Bertz CT molecular complexity index is 1280. The number of ether oxygens (including phenoxy) is 3. The van der Waals surface area contributed by atoms with Crippen molar-refractivity contribution in [2.45, 2.75) is 38.6 Å². The molecule has 0 radical (unpaired) electrons. The monoisotopic (exact) mass is 543 g/mol. The summed E-state index contributed by atoms with van der Waals surface area (Å²) in [5, 5.41) is 0. The van der Waals surface area contributed by atoms with Crippen molar-refractivity contribution < 1.29 is 19.0 Å². The van der Waals surface area contributed by atoms with E-state index in [4.69, 9.17) is 19.2 Å². The van der Waals surface area contributed by atoms with Crippen LogP contribution in [0, 0.1) is 0 Å². The van der Waals surface area contributed by atoms with Gasteiger partial charge in [-0.1, -0.05) is 50.3 Å². The lowest BCUT2D eigenvalue weighted by atomic mass is 10.0. The van der Waals surface area contributed by atoms with Gasteiger partial charge in [-0.2, -0.15) is 0 Å². The van der Waals surface area contributed by atoms with E-state index in [0.29, 0.717) is 35.5 Å². The van der Waals surface area contributed by atoms with Crippen molar-refractivity contribution in [3.63, 3.8) is 0 Å². The van der Waals surface area contributed by atoms with Gasteiger partial charge in [0.25, 0.3) is 0 Å². The molecule has 7 nitrogen and oxygen atoms in total. The number of nitrogens with zero attached hydrogens (tertiary/aromatic N) is 3. The predicted molar refractivity (Wildman–Crippen MR) is 160 cm³/mol. The second-order valence-electron chi connectivity index (χ2n) is 10.7. The van der Waals surface area contributed by atoms with Crippen LogP contribution < -0.4 is 14.2 Å². The van der Waals surface area contributed by atoms with Crippen molar-refractivity contribution in [2.75, 3.05) is 47.4 Å². The first-order valence-electron chi connectivity index (χ1n) is 14.0. The zero-order chi connectivity index (χ0) is 28.5. The minimum atomic E-state index is -0.182. The molecule has 0 aliphatic carbocycles. The summed E-state index contributed by atoms with van der Waals surface area (Å²) in [5.41, 5.74) is 2.18. The first kappa shape index (κ1) is 29.3. The SMILES string of the molecule is COc1ccc(Oc2nc(C(C)C)ccc2C(=O)C=Cc2ccccc2)c(OCCN2CCC(N(C)C)CC2)c1. The fourth-order valence-electron chi connectivity index (χ4n) is 4.73. The number of piperidine rings is 1. The van der Waals surface area contributed by atoms with Gasteiger partial charge in [-0.25, -0.2) is 4.98 Å². The zero-order valence-corrected chi connectivity index (χ0v) is 24.3. The number of rotatable bonds is 12. The van der Waals surface area contributed by atoms with E-state index in [0.717, 1.165) is 43.7 Å². The molecule has 1 aromatic heterocycles. The second kappa shape index (κ2) is 14.1. The zero-order valence-electron chi connectivity index (χ0n) is 24.3. The summed E-state index contributed by atoms with van der Waals surface area (Å²) in [5.74, 6) is 1.96. The third-order valence-corrected chi connectivity index (χ3v) is 7.28. The number of pyridine rings is 1. The second-order valence-corrected chi connectivity index (χ2v) is 10.7. The third-order valence-electron chi connectivity index (χ3n) is 7.28. The molecule has 0 amide bonds. The Labute approximate surface area is 238 Å². The van der Waals surface area contributed by atoms with Crippen LogP contribution in [0.5, 0.6) is 23.1 Å². The Morgan fingerprint density at radius 2 is 1.80 bits per heavy atom. The summed E-state index contributed by atoms with van der Waals surface area (Å²) in [6.07, 6.45) is 5.67. The quantitative estimate of drug-likeness (QED) is 0.196. The molecule has 1 saturated heterocycles. The predicted octanol–water partition coefficient (Wildman–Crippen LogP) is 6.31. The van der Waals surface area contributed by atoms with Crippen LogP contribution in [-0.2, 0) is 0 Å². The van der Waals surface area contributed by atoms with E-state index in [-0.39, 0.29) is 17.6 Å². The number of allylic oxidation sites excluding steroid dienone is 1. The van der Waals surface area contributed by atoms with Crippen LogP contribution in [0.2, 0.25) is 0 Å². The smallest absolute Gasteiger partial charge is 0.230 e. The Kier molecular flexibility index (Phi) is 10.3. The number of benzene rings is 2. The summed E-state index contributed by atoms with van der Waals surface area (Å²) in [4.78, 5) is 22.7. The molecule has 0 unspecified atom stereocenters. The maximum atomic E-state index is 13.2. The molecule has 0 N–H and O–H groups in total. The van der Waals surface area contributed by atoms with Crippen LogP contribution in [0.15, 0.2) is 66.7 Å². The molecular weight excluding hydrogens is 502 g/mol.